The van der Waals surface area contributed by atoms with Crippen LogP contribution in [0.1, 0.15) is 23.1 Å². The van der Waals surface area contributed by atoms with E-state index in [-0.39, 0.29) is 0 Å². The van der Waals surface area contributed by atoms with Crippen LogP contribution in [-0.4, -0.2) is 22.5 Å². The van der Waals surface area contributed by atoms with Crippen molar-refractivity contribution in [3.05, 3.63) is 46.3 Å². The molecule has 0 radical (unpaired) electrons. The van der Waals surface area contributed by atoms with Gasteiger partial charge in [-0.05, 0) is 19.9 Å². The number of rotatable bonds is 3. The molecule has 0 fully saturated rings. The third-order valence-electron chi connectivity index (χ3n) is 2.53. The maximum absolute atomic E-state index is 11.9. The van der Waals surface area contributed by atoms with Gasteiger partial charge in [0.15, 0.2) is 0 Å². The van der Waals surface area contributed by atoms with Crippen LogP contribution in [0, 0.1) is 6.92 Å². The first-order valence-corrected chi connectivity index (χ1v) is 6.68. The van der Waals surface area contributed by atoms with Gasteiger partial charge in [0.2, 0.25) is 0 Å². The van der Waals surface area contributed by atoms with Crippen LogP contribution in [0.4, 0.5) is 0 Å². The van der Waals surface area contributed by atoms with E-state index in [4.69, 9.17) is 4.74 Å². The van der Waals surface area contributed by atoms with E-state index < -0.39 is 5.97 Å². The highest BCUT2D eigenvalue weighted by molar-refractivity contribution is 9.10. The first-order valence-electron chi connectivity index (χ1n) is 5.89. The lowest BCUT2D eigenvalue weighted by atomic mass is 10.1. The molecule has 0 saturated heterocycles. The predicted molar refractivity (Wildman–Crippen MR) is 75.9 cm³/mol. The summed E-state index contributed by atoms with van der Waals surface area (Å²) in [6, 6.07) is 7.61. The minimum absolute atomic E-state index is 0.322. The molecule has 19 heavy (non-hydrogen) atoms. The molecule has 0 N–H and O–H groups in total. The average Bonchev–Trinajstić information content (AvgIpc) is 2.39. The minimum Gasteiger partial charge on any atom is -0.462 e. The highest BCUT2D eigenvalue weighted by Crippen LogP contribution is 2.29. The Bertz CT molecular complexity index is 614. The van der Waals surface area contributed by atoms with Crippen molar-refractivity contribution in [3.8, 4) is 11.3 Å². The van der Waals surface area contributed by atoms with Gasteiger partial charge in [0.05, 0.1) is 12.3 Å². The number of nitrogens with zero attached hydrogens (tertiary/aromatic N) is 2. The van der Waals surface area contributed by atoms with Crippen molar-refractivity contribution >= 4 is 21.9 Å². The summed E-state index contributed by atoms with van der Waals surface area (Å²) in [6.07, 6.45) is 1.51. The number of hydrogen-bond acceptors (Lipinski definition) is 4. The molecule has 98 valence electrons. The van der Waals surface area contributed by atoms with Crippen LogP contribution < -0.4 is 0 Å². The molecule has 0 amide bonds. The molecule has 0 saturated carbocycles. The van der Waals surface area contributed by atoms with Crippen molar-refractivity contribution in [2.24, 2.45) is 0 Å². The Morgan fingerprint density at radius 2 is 2.11 bits per heavy atom. The van der Waals surface area contributed by atoms with Crippen LogP contribution in [0.3, 0.4) is 0 Å². The minimum atomic E-state index is -0.409. The second-order valence-electron chi connectivity index (χ2n) is 3.88. The Morgan fingerprint density at radius 3 is 2.79 bits per heavy atom. The van der Waals surface area contributed by atoms with Crippen LogP contribution in [0.15, 0.2) is 34.9 Å². The SMILES string of the molecule is CCOC(=O)c1cnc(C)nc1-c1ccccc1Br. The van der Waals surface area contributed by atoms with Gasteiger partial charge in [-0.15, -0.1) is 0 Å². The van der Waals surface area contributed by atoms with Gasteiger partial charge in [0.1, 0.15) is 11.4 Å². The number of aromatic nitrogens is 2. The molecule has 1 aromatic carbocycles. The summed E-state index contributed by atoms with van der Waals surface area (Å²) >= 11 is 3.47. The summed E-state index contributed by atoms with van der Waals surface area (Å²) in [5.74, 6) is 0.201. The number of carbonyl (C=O) groups is 1. The number of esters is 1. The monoisotopic (exact) mass is 320 g/mol. The smallest absolute Gasteiger partial charge is 0.341 e. The van der Waals surface area contributed by atoms with Crippen LogP contribution in [0.25, 0.3) is 11.3 Å². The van der Waals surface area contributed by atoms with Gasteiger partial charge in [0, 0.05) is 16.2 Å². The average molecular weight is 321 g/mol. The summed E-state index contributed by atoms with van der Waals surface area (Å²) in [6.45, 7) is 3.88. The van der Waals surface area contributed by atoms with Crippen molar-refractivity contribution in [3.63, 3.8) is 0 Å². The van der Waals surface area contributed by atoms with Gasteiger partial charge in [-0.3, -0.25) is 0 Å². The second-order valence-corrected chi connectivity index (χ2v) is 4.73. The van der Waals surface area contributed by atoms with Gasteiger partial charge in [-0.25, -0.2) is 14.8 Å². The van der Waals surface area contributed by atoms with E-state index in [0.717, 1.165) is 10.0 Å². The lowest BCUT2D eigenvalue weighted by Gasteiger charge is -2.09. The molecule has 4 nitrogen and oxygen atoms in total. The number of hydrogen-bond donors (Lipinski definition) is 0. The first kappa shape index (κ1) is 13.7. The van der Waals surface area contributed by atoms with Gasteiger partial charge in [0.25, 0.3) is 0 Å². The Morgan fingerprint density at radius 1 is 1.37 bits per heavy atom. The lowest BCUT2D eigenvalue weighted by molar-refractivity contribution is 0.0526. The van der Waals surface area contributed by atoms with Crippen molar-refractivity contribution in [2.75, 3.05) is 6.61 Å². The molecule has 0 bridgehead atoms. The molecule has 1 aromatic heterocycles. The van der Waals surface area contributed by atoms with Gasteiger partial charge >= 0.3 is 5.97 Å². The third kappa shape index (κ3) is 2.98. The second kappa shape index (κ2) is 5.93. The van der Waals surface area contributed by atoms with E-state index in [1.165, 1.54) is 6.20 Å². The van der Waals surface area contributed by atoms with Crippen LogP contribution >= 0.6 is 15.9 Å². The zero-order valence-electron chi connectivity index (χ0n) is 10.7. The van der Waals surface area contributed by atoms with Gasteiger partial charge < -0.3 is 4.74 Å². The molecule has 1 heterocycles. The van der Waals surface area contributed by atoms with Crippen molar-refractivity contribution in [1.29, 1.82) is 0 Å². The standard InChI is InChI=1S/C14H13BrN2O2/c1-3-19-14(18)11-8-16-9(2)17-13(11)10-6-4-5-7-12(10)15/h4-8H,3H2,1-2H3. The molecular formula is C14H13BrN2O2. The van der Waals surface area contributed by atoms with E-state index in [2.05, 4.69) is 25.9 Å². The molecule has 5 heteroatoms. The Kier molecular flexibility index (Phi) is 4.27. The van der Waals surface area contributed by atoms with E-state index >= 15 is 0 Å². The summed E-state index contributed by atoms with van der Waals surface area (Å²) in [5, 5.41) is 0. The molecule has 0 unspecified atom stereocenters. The quantitative estimate of drug-likeness (QED) is 0.813. The fourth-order valence-electron chi connectivity index (χ4n) is 1.69. The van der Waals surface area contributed by atoms with E-state index in [1.807, 2.05) is 24.3 Å². The normalized spacial score (nSPS) is 10.3. The van der Waals surface area contributed by atoms with Crippen molar-refractivity contribution in [1.82, 2.24) is 9.97 Å². The zero-order chi connectivity index (χ0) is 13.8. The Balaban J connectivity index is 2.58. The summed E-state index contributed by atoms with van der Waals surface area (Å²) in [4.78, 5) is 20.4. The molecule has 2 rings (SSSR count). The molecule has 2 aromatic rings. The highest BCUT2D eigenvalue weighted by atomic mass is 79.9. The fourth-order valence-corrected chi connectivity index (χ4v) is 2.16. The zero-order valence-corrected chi connectivity index (χ0v) is 12.3. The molecule has 0 spiro atoms. The Hall–Kier alpha value is -1.75. The molecule has 0 aliphatic heterocycles. The van der Waals surface area contributed by atoms with Crippen LogP contribution in [-0.2, 0) is 4.74 Å². The van der Waals surface area contributed by atoms with E-state index in [0.29, 0.717) is 23.7 Å². The van der Waals surface area contributed by atoms with Crippen molar-refractivity contribution < 1.29 is 9.53 Å². The Labute approximate surface area is 120 Å². The lowest BCUT2D eigenvalue weighted by Crippen LogP contribution is -2.09. The van der Waals surface area contributed by atoms with E-state index in [9.17, 15) is 4.79 Å². The largest absolute Gasteiger partial charge is 0.462 e. The van der Waals surface area contributed by atoms with E-state index in [1.54, 1.807) is 13.8 Å². The maximum Gasteiger partial charge on any atom is 0.341 e. The predicted octanol–water partition coefficient (Wildman–Crippen LogP) is 3.39. The number of carbonyl (C=O) groups excluding carboxylic acids is 1. The molecular weight excluding hydrogens is 308 g/mol. The van der Waals surface area contributed by atoms with Crippen molar-refractivity contribution in [2.45, 2.75) is 13.8 Å². The third-order valence-corrected chi connectivity index (χ3v) is 3.23. The highest BCUT2D eigenvalue weighted by Gasteiger charge is 2.17. The molecule has 0 aliphatic rings. The topological polar surface area (TPSA) is 52.1 Å². The van der Waals surface area contributed by atoms with Crippen LogP contribution in [0.2, 0.25) is 0 Å². The molecule has 0 atom stereocenters. The maximum atomic E-state index is 11.9. The summed E-state index contributed by atoms with van der Waals surface area (Å²) in [7, 11) is 0. The number of halogens is 1. The number of benzene rings is 1. The molecule has 0 aliphatic carbocycles. The summed E-state index contributed by atoms with van der Waals surface area (Å²) in [5.41, 5.74) is 1.80. The summed E-state index contributed by atoms with van der Waals surface area (Å²) < 4.78 is 5.91. The van der Waals surface area contributed by atoms with Gasteiger partial charge in [-0.2, -0.15) is 0 Å². The van der Waals surface area contributed by atoms with Crippen LogP contribution in [0.5, 0.6) is 0 Å². The fraction of sp³-hybridized carbons (Fsp3) is 0.214. The number of ether oxygens (including phenoxy) is 1. The van der Waals surface area contributed by atoms with Gasteiger partial charge in [-0.1, -0.05) is 34.1 Å². The number of aryl methyl sites for hydroxylation is 1. The first-order chi connectivity index (χ1) is 9.13.